The van der Waals surface area contributed by atoms with E-state index >= 15 is 0 Å². The van der Waals surface area contributed by atoms with Crippen LogP contribution in [0.1, 0.15) is 39.3 Å². The number of benzene rings is 1. The largest absolute Gasteiger partial charge is 0.358 e. The highest BCUT2D eigenvalue weighted by molar-refractivity contribution is 6.34. The lowest BCUT2D eigenvalue weighted by atomic mass is 10.0. The second-order valence-electron chi connectivity index (χ2n) is 5.91. The number of nitrogens with zero attached hydrogens (tertiary/aromatic N) is 2. The number of aromatic nitrogens is 3. The van der Waals surface area contributed by atoms with Gasteiger partial charge in [-0.1, -0.05) is 39.3 Å². The molecule has 0 aliphatic heterocycles. The average molecular weight is 340 g/mol. The fraction of sp³-hybridized carbons (Fsp3) is 0.250. The third-order valence-electron chi connectivity index (χ3n) is 4.06. The smallest absolute Gasteiger partial charge is 0.0667 e. The third kappa shape index (κ3) is 2.92. The van der Waals surface area contributed by atoms with Crippen molar-refractivity contribution in [1.82, 2.24) is 14.6 Å². The highest BCUT2D eigenvalue weighted by Gasteiger charge is 2.10. The minimum atomic E-state index is 0.470. The summed E-state index contributed by atoms with van der Waals surface area (Å²) in [6, 6.07) is 12.5. The molecule has 0 fully saturated rings. The summed E-state index contributed by atoms with van der Waals surface area (Å²) in [6.07, 6.45) is 3.75. The second kappa shape index (κ2) is 6.70. The first-order valence-corrected chi connectivity index (χ1v) is 8.75. The Hall–Kier alpha value is -2.26. The zero-order valence-electron chi connectivity index (χ0n) is 14.5. The molecule has 3 heterocycles. The lowest BCUT2D eigenvalue weighted by Crippen LogP contribution is -1.87. The van der Waals surface area contributed by atoms with Crippen LogP contribution in [0.4, 0.5) is 0 Å². The van der Waals surface area contributed by atoms with Crippen molar-refractivity contribution in [1.29, 1.82) is 0 Å². The van der Waals surface area contributed by atoms with E-state index in [1.165, 1.54) is 5.69 Å². The van der Waals surface area contributed by atoms with Crippen LogP contribution in [0.2, 0.25) is 5.02 Å². The molecule has 3 nitrogen and oxygen atoms in total. The summed E-state index contributed by atoms with van der Waals surface area (Å²) in [4.78, 5) is 3.49. The number of aromatic amines is 1. The molecular formula is C20H22ClN3. The Bertz CT molecular complexity index is 979. The summed E-state index contributed by atoms with van der Waals surface area (Å²) in [5, 5.41) is 6.15. The van der Waals surface area contributed by atoms with E-state index in [1.807, 2.05) is 42.8 Å². The second-order valence-corrected chi connectivity index (χ2v) is 6.32. The minimum Gasteiger partial charge on any atom is -0.358 e. The van der Waals surface area contributed by atoms with Gasteiger partial charge in [-0.25, -0.2) is 4.52 Å². The van der Waals surface area contributed by atoms with Crippen molar-refractivity contribution in [3.63, 3.8) is 0 Å². The number of nitrogens with one attached hydrogen (secondary N) is 1. The van der Waals surface area contributed by atoms with Crippen LogP contribution in [-0.2, 0) is 0 Å². The molecule has 0 unspecified atom stereocenters. The molecule has 24 heavy (non-hydrogen) atoms. The van der Waals surface area contributed by atoms with E-state index in [1.54, 1.807) is 6.20 Å². The van der Waals surface area contributed by atoms with Gasteiger partial charge in [0.25, 0.3) is 0 Å². The standard InChI is InChI=1S/C18H16ClN3.C2H6/c1-11(2)17-9-13-8-16(19)15(10-18(13)21-17)12-4-6-22-14(7-12)3-5-20-22;1-2/h3-11,21H,1-2H3;1-2H3. The fourth-order valence-corrected chi connectivity index (χ4v) is 3.08. The fourth-order valence-electron chi connectivity index (χ4n) is 2.80. The summed E-state index contributed by atoms with van der Waals surface area (Å²) >= 11 is 6.52. The summed E-state index contributed by atoms with van der Waals surface area (Å²) < 4.78 is 1.85. The van der Waals surface area contributed by atoms with Crippen molar-refractivity contribution >= 4 is 28.0 Å². The van der Waals surface area contributed by atoms with Crippen LogP contribution in [0.15, 0.2) is 48.8 Å². The van der Waals surface area contributed by atoms with E-state index in [-0.39, 0.29) is 0 Å². The summed E-state index contributed by atoms with van der Waals surface area (Å²) in [7, 11) is 0. The first kappa shape index (κ1) is 16.6. The number of hydrogen-bond acceptors (Lipinski definition) is 1. The van der Waals surface area contributed by atoms with Crippen molar-refractivity contribution in [2.24, 2.45) is 0 Å². The van der Waals surface area contributed by atoms with E-state index in [0.29, 0.717) is 5.92 Å². The molecule has 0 aliphatic carbocycles. The maximum Gasteiger partial charge on any atom is 0.0667 e. The zero-order chi connectivity index (χ0) is 17.3. The summed E-state index contributed by atoms with van der Waals surface area (Å²) in [5.74, 6) is 0.470. The number of pyridine rings is 1. The van der Waals surface area contributed by atoms with Gasteiger partial charge in [0.1, 0.15) is 0 Å². The predicted molar refractivity (Wildman–Crippen MR) is 103 cm³/mol. The molecule has 0 bridgehead atoms. The van der Waals surface area contributed by atoms with Crippen molar-refractivity contribution < 1.29 is 0 Å². The van der Waals surface area contributed by atoms with Crippen LogP contribution in [0.5, 0.6) is 0 Å². The first-order valence-electron chi connectivity index (χ1n) is 8.38. The maximum atomic E-state index is 6.52. The summed E-state index contributed by atoms with van der Waals surface area (Å²) in [6.45, 7) is 8.36. The molecule has 3 aromatic heterocycles. The zero-order valence-corrected chi connectivity index (χ0v) is 15.2. The van der Waals surface area contributed by atoms with Crippen molar-refractivity contribution in [2.45, 2.75) is 33.6 Å². The molecule has 0 atom stereocenters. The van der Waals surface area contributed by atoms with Gasteiger partial charge in [0.15, 0.2) is 0 Å². The topological polar surface area (TPSA) is 33.1 Å². The molecule has 0 spiro atoms. The highest BCUT2D eigenvalue weighted by atomic mass is 35.5. The molecule has 124 valence electrons. The van der Waals surface area contributed by atoms with Gasteiger partial charge >= 0.3 is 0 Å². The maximum absolute atomic E-state index is 6.52. The van der Waals surface area contributed by atoms with E-state index in [9.17, 15) is 0 Å². The molecule has 4 heteroatoms. The lowest BCUT2D eigenvalue weighted by molar-refractivity contribution is 0.836. The molecule has 0 radical (unpaired) electrons. The Labute approximate surface area is 147 Å². The molecule has 0 amide bonds. The Morgan fingerprint density at radius 2 is 1.88 bits per heavy atom. The van der Waals surface area contributed by atoms with Crippen LogP contribution in [0.25, 0.3) is 27.5 Å². The molecule has 4 rings (SSSR count). The third-order valence-corrected chi connectivity index (χ3v) is 4.37. The van der Waals surface area contributed by atoms with Crippen LogP contribution in [0.3, 0.4) is 0 Å². The molecule has 0 saturated carbocycles. The number of fused-ring (bicyclic) bond motifs is 2. The number of hydrogen-bond donors (Lipinski definition) is 1. The van der Waals surface area contributed by atoms with Gasteiger partial charge in [-0.2, -0.15) is 5.10 Å². The van der Waals surface area contributed by atoms with E-state index in [4.69, 9.17) is 11.6 Å². The van der Waals surface area contributed by atoms with Gasteiger partial charge in [0.2, 0.25) is 0 Å². The van der Waals surface area contributed by atoms with Gasteiger partial charge in [-0.15, -0.1) is 0 Å². The van der Waals surface area contributed by atoms with Gasteiger partial charge in [0, 0.05) is 39.6 Å². The SMILES string of the molecule is CC.CC(C)c1cc2cc(Cl)c(-c3ccn4nccc4c3)cc2[nH]1. The monoisotopic (exact) mass is 339 g/mol. The van der Waals surface area contributed by atoms with Gasteiger partial charge in [-0.3, -0.25) is 0 Å². The van der Waals surface area contributed by atoms with Gasteiger partial charge in [-0.05, 0) is 47.9 Å². The van der Waals surface area contributed by atoms with Crippen LogP contribution < -0.4 is 0 Å². The molecule has 0 aliphatic rings. The minimum absolute atomic E-state index is 0.470. The van der Waals surface area contributed by atoms with E-state index in [0.717, 1.165) is 32.6 Å². The van der Waals surface area contributed by atoms with Gasteiger partial charge < -0.3 is 4.98 Å². The molecule has 1 N–H and O–H groups in total. The lowest BCUT2D eigenvalue weighted by Gasteiger charge is -2.06. The first-order chi connectivity index (χ1) is 11.6. The number of halogens is 1. The number of H-pyrrole nitrogens is 1. The predicted octanol–water partition coefficient (Wildman–Crippen LogP) is 6.29. The van der Waals surface area contributed by atoms with Crippen molar-refractivity contribution in [3.05, 3.63) is 59.5 Å². The number of rotatable bonds is 2. The van der Waals surface area contributed by atoms with E-state index < -0.39 is 0 Å². The molecular weight excluding hydrogens is 318 g/mol. The quantitative estimate of drug-likeness (QED) is 0.457. The summed E-state index contributed by atoms with van der Waals surface area (Å²) in [5.41, 5.74) is 5.55. The Kier molecular flexibility index (Phi) is 4.63. The Morgan fingerprint density at radius 1 is 1.08 bits per heavy atom. The molecule has 4 aromatic rings. The molecule has 0 saturated heterocycles. The molecule has 1 aromatic carbocycles. The van der Waals surface area contributed by atoms with Crippen molar-refractivity contribution in [3.8, 4) is 11.1 Å². The van der Waals surface area contributed by atoms with Crippen molar-refractivity contribution in [2.75, 3.05) is 0 Å². The van der Waals surface area contributed by atoms with Gasteiger partial charge in [0.05, 0.1) is 5.52 Å². The average Bonchev–Trinajstić information content (AvgIpc) is 3.21. The van der Waals surface area contributed by atoms with E-state index in [2.05, 4.69) is 42.1 Å². The highest BCUT2D eigenvalue weighted by Crippen LogP contribution is 2.33. The van der Waals surface area contributed by atoms with Crippen LogP contribution in [-0.4, -0.2) is 14.6 Å². The Balaban J connectivity index is 0.000000815. The van der Waals surface area contributed by atoms with Crippen LogP contribution >= 0.6 is 11.6 Å². The Morgan fingerprint density at radius 3 is 2.62 bits per heavy atom. The normalized spacial score (nSPS) is 11.1. The van der Waals surface area contributed by atoms with Crippen LogP contribution in [0, 0.1) is 0 Å².